The maximum absolute atomic E-state index is 5.91. The summed E-state index contributed by atoms with van der Waals surface area (Å²) in [5.41, 5.74) is 7.81. The minimum absolute atomic E-state index is 0.600. The third-order valence-electron chi connectivity index (χ3n) is 4.48. The van der Waals surface area contributed by atoms with Gasteiger partial charge in [-0.1, -0.05) is 18.6 Å². The molecule has 0 atom stereocenters. The number of rotatable bonds is 10. The molecule has 5 heteroatoms. The molecule has 3 aromatic rings. The van der Waals surface area contributed by atoms with Crippen molar-refractivity contribution in [3.8, 4) is 11.5 Å². The van der Waals surface area contributed by atoms with Crippen molar-refractivity contribution >= 4 is 11.0 Å². The smallest absolute Gasteiger partial charge is 0.119 e. The fraction of sp³-hybridized carbons (Fsp3) is 0.381. The highest BCUT2D eigenvalue weighted by atomic mass is 16.5. The molecule has 138 valence electrons. The SMILES string of the molecule is COc1ccc(OCCn2c(CCCCCN)nc3ccccc32)cc1. The Bertz CT molecular complexity index is 812. The Kier molecular flexibility index (Phi) is 6.50. The number of ether oxygens (including phenoxy) is 2. The highest BCUT2D eigenvalue weighted by Crippen LogP contribution is 2.19. The van der Waals surface area contributed by atoms with Gasteiger partial charge >= 0.3 is 0 Å². The topological polar surface area (TPSA) is 62.3 Å². The number of fused-ring (bicyclic) bond motifs is 1. The molecule has 0 bridgehead atoms. The molecule has 0 spiro atoms. The van der Waals surface area contributed by atoms with Gasteiger partial charge < -0.3 is 19.8 Å². The van der Waals surface area contributed by atoms with Crippen LogP contribution in [0.25, 0.3) is 11.0 Å². The summed E-state index contributed by atoms with van der Waals surface area (Å²) in [5, 5.41) is 0. The maximum Gasteiger partial charge on any atom is 0.119 e. The van der Waals surface area contributed by atoms with E-state index in [-0.39, 0.29) is 0 Å². The predicted octanol–water partition coefficient (Wildman–Crippen LogP) is 3.80. The van der Waals surface area contributed by atoms with Crippen LogP contribution in [0.5, 0.6) is 11.5 Å². The zero-order valence-electron chi connectivity index (χ0n) is 15.4. The van der Waals surface area contributed by atoms with Gasteiger partial charge in [-0.3, -0.25) is 0 Å². The number of para-hydroxylation sites is 2. The molecule has 5 nitrogen and oxygen atoms in total. The number of imidazole rings is 1. The summed E-state index contributed by atoms with van der Waals surface area (Å²) in [6.07, 6.45) is 4.29. The zero-order valence-corrected chi connectivity index (χ0v) is 15.4. The van der Waals surface area contributed by atoms with Crippen LogP contribution < -0.4 is 15.2 Å². The van der Waals surface area contributed by atoms with E-state index >= 15 is 0 Å². The largest absolute Gasteiger partial charge is 0.497 e. The van der Waals surface area contributed by atoms with Crippen LogP contribution in [0.2, 0.25) is 0 Å². The Hall–Kier alpha value is -2.53. The van der Waals surface area contributed by atoms with Crippen molar-refractivity contribution in [1.29, 1.82) is 0 Å². The Balaban J connectivity index is 1.66. The summed E-state index contributed by atoms with van der Waals surface area (Å²) in [6.45, 7) is 2.13. The van der Waals surface area contributed by atoms with Crippen LogP contribution in [0.3, 0.4) is 0 Å². The Morgan fingerprint density at radius 1 is 0.962 bits per heavy atom. The van der Waals surface area contributed by atoms with E-state index in [2.05, 4.69) is 22.8 Å². The molecule has 0 aliphatic heterocycles. The molecule has 0 aliphatic rings. The molecule has 0 radical (unpaired) electrons. The van der Waals surface area contributed by atoms with Gasteiger partial charge in [0.25, 0.3) is 0 Å². The quantitative estimate of drug-likeness (QED) is 0.563. The summed E-state index contributed by atoms with van der Waals surface area (Å²) in [5.74, 6) is 2.80. The predicted molar refractivity (Wildman–Crippen MR) is 105 cm³/mol. The number of hydrogen-bond acceptors (Lipinski definition) is 4. The molecular formula is C21H27N3O2. The van der Waals surface area contributed by atoms with Crippen LogP contribution in [0, 0.1) is 0 Å². The van der Waals surface area contributed by atoms with Gasteiger partial charge in [0.1, 0.15) is 23.9 Å². The van der Waals surface area contributed by atoms with Crippen molar-refractivity contribution in [3.63, 3.8) is 0 Å². The van der Waals surface area contributed by atoms with Crippen LogP contribution in [-0.2, 0) is 13.0 Å². The average Bonchev–Trinajstić information content (AvgIpc) is 3.03. The van der Waals surface area contributed by atoms with Gasteiger partial charge in [-0.25, -0.2) is 4.98 Å². The zero-order chi connectivity index (χ0) is 18.2. The van der Waals surface area contributed by atoms with E-state index in [1.807, 2.05) is 30.3 Å². The van der Waals surface area contributed by atoms with Gasteiger partial charge in [-0.2, -0.15) is 0 Å². The maximum atomic E-state index is 5.91. The summed E-state index contributed by atoms with van der Waals surface area (Å²) in [4.78, 5) is 4.82. The van der Waals surface area contributed by atoms with E-state index in [4.69, 9.17) is 20.2 Å². The fourth-order valence-electron chi connectivity index (χ4n) is 3.10. The second-order valence-electron chi connectivity index (χ2n) is 6.29. The molecule has 0 fully saturated rings. The van der Waals surface area contributed by atoms with Gasteiger partial charge in [-0.15, -0.1) is 0 Å². The molecule has 2 N–H and O–H groups in total. The van der Waals surface area contributed by atoms with E-state index in [1.165, 1.54) is 5.52 Å². The number of methoxy groups -OCH3 is 1. The number of hydrogen-bond donors (Lipinski definition) is 1. The number of nitrogens with zero attached hydrogens (tertiary/aromatic N) is 2. The lowest BCUT2D eigenvalue weighted by atomic mass is 10.2. The lowest BCUT2D eigenvalue weighted by Gasteiger charge is -2.11. The van der Waals surface area contributed by atoms with Crippen LogP contribution >= 0.6 is 0 Å². The Morgan fingerprint density at radius 2 is 1.73 bits per heavy atom. The van der Waals surface area contributed by atoms with Gasteiger partial charge in [-0.05, 0) is 55.8 Å². The number of benzene rings is 2. The lowest BCUT2D eigenvalue weighted by molar-refractivity contribution is 0.297. The van der Waals surface area contributed by atoms with E-state index in [9.17, 15) is 0 Å². The molecule has 0 amide bonds. The highest BCUT2D eigenvalue weighted by molar-refractivity contribution is 5.75. The minimum Gasteiger partial charge on any atom is -0.497 e. The summed E-state index contributed by atoms with van der Waals surface area (Å²) in [6, 6.07) is 16.0. The van der Waals surface area contributed by atoms with E-state index in [0.29, 0.717) is 6.61 Å². The molecule has 1 aromatic heterocycles. The van der Waals surface area contributed by atoms with Gasteiger partial charge in [0, 0.05) is 6.42 Å². The van der Waals surface area contributed by atoms with Crippen molar-refractivity contribution in [2.45, 2.75) is 32.2 Å². The van der Waals surface area contributed by atoms with E-state index in [1.54, 1.807) is 7.11 Å². The monoisotopic (exact) mass is 353 g/mol. The molecule has 3 rings (SSSR count). The van der Waals surface area contributed by atoms with Crippen LogP contribution in [0.1, 0.15) is 25.1 Å². The number of unbranched alkanes of at least 4 members (excludes halogenated alkanes) is 2. The highest BCUT2D eigenvalue weighted by Gasteiger charge is 2.10. The standard InChI is InChI=1S/C21H27N3O2/c1-25-17-10-12-18(13-11-17)26-16-15-24-20-8-5-4-7-19(20)23-21(24)9-3-2-6-14-22/h4-5,7-8,10-13H,2-3,6,9,14-16,22H2,1H3. The fourth-order valence-corrected chi connectivity index (χ4v) is 3.10. The molecular weight excluding hydrogens is 326 g/mol. The first kappa shape index (κ1) is 18.3. The van der Waals surface area contributed by atoms with Crippen molar-refractivity contribution < 1.29 is 9.47 Å². The second kappa shape index (κ2) is 9.25. The van der Waals surface area contributed by atoms with Crippen molar-refractivity contribution in [2.75, 3.05) is 20.3 Å². The van der Waals surface area contributed by atoms with E-state index < -0.39 is 0 Å². The number of aryl methyl sites for hydroxylation is 1. The number of aromatic nitrogens is 2. The molecule has 26 heavy (non-hydrogen) atoms. The first-order chi connectivity index (χ1) is 12.8. The third-order valence-corrected chi connectivity index (χ3v) is 4.48. The number of nitrogens with two attached hydrogens (primary N) is 1. The molecule has 0 unspecified atom stereocenters. The average molecular weight is 353 g/mol. The van der Waals surface area contributed by atoms with Gasteiger partial charge in [0.15, 0.2) is 0 Å². The van der Waals surface area contributed by atoms with Crippen LogP contribution in [0.4, 0.5) is 0 Å². The molecule has 2 aromatic carbocycles. The molecule has 0 aliphatic carbocycles. The van der Waals surface area contributed by atoms with E-state index in [0.717, 1.165) is 61.6 Å². The lowest BCUT2D eigenvalue weighted by Crippen LogP contribution is -2.11. The normalized spacial score (nSPS) is 11.0. The van der Waals surface area contributed by atoms with Crippen molar-refractivity contribution in [3.05, 3.63) is 54.4 Å². The first-order valence-corrected chi connectivity index (χ1v) is 9.23. The Morgan fingerprint density at radius 3 is 2.50 bits per heavy atom. The summed E-state index contributed by atoms with van der Waals surface area (Å²) >= 11 is 0. The van der Waals surface area contributed by atoms with Crippen LogP contribution in [0.15, 0.2) is 48.5 Å². The van der Waals surface area contributed by atoms with Gasteiger partial charge in [0.05, 0.1) is 24.7 Å². The van der Waals surface area contributed by atoms with Crippen molar-refractivity contribution in [2.24, 2.45) is 5.73 Å². The minimum atomic E-state index is 0.600. The van der Waals surface area contributed by atoms with Crippen LogP contribution in [-0.4, -0.2) is 29.8 Å². The molecule has 0 saturated carbocycles. The Labute approximate surface area is 154 Å². The molecule has 1 heterocycles. The van der Waals surface area contributed by atoms with Gasteiger partial charge in [0.2, 0.25) is 0 Å². The van der Waals surface area contributed by atoms with Crippen molar-refractivity contribution in [1.82, 2.24) is 9.55 Å². The first-order valence-electron chi connectivity index (χ1n) is 9.23. The third kappa shape index (κ3) is 4.55. The summed E-state index contributed by atoms with van der Waals surface area (Å²) < 4.78 is 13.4. The second-order valence-corrected chi connectivity index (χ2v) is 6.29. The molecule has 0 saturated heterocycles. The summed E-state index contributed by atoms with van der Waals surface area (Å²) in [7, 11) is 1.66.